The molecule has 2 N–H and O–H groups in total. The fraction of sp³-hybridized carbons (Fsp3) is 0.385. The molecular weight excluding hydrogens is 234 g/mol. The molecule has 0 fully saturated rings. The predicted octanol–water partition coefficient (Wildman–Crippen LogP) is 0.586. The van der Waals surface area contributed by atoms with Crippen LogP contribution in [-0.4, -0.2) is 36.7 Å². The second-order valence-electron chi connectivity index (χ2n) is 3.95. The largest absolute Gasteiger partial charge is 0.469 e. The van der Waals surface area contributed by atoms with Gasteiger partial charge in [0.05, 0.1) is 19.1 Å². The topological polar surface area (TPSA) is 75.6 Å². The number of ether oxygens (including phenoxy) is 1. The first-order valence-corrected chi connectivity index (χ1v) is 5.65. The Bertz CT molecular complexity index is 403. The maximum atomic E-state index is 11.7. The summed E-state index contributed by atoms with van der Waals surface area (Å²) in [6, 6.07) is 8.66. The van der Waals surface area contributed by atoms with Gasteiger partial charge in [0, 0.05) is 12.1 Å². The minimum atomic E-state index is -0.881. The van der Waals surface area contributed by atoms with Crippen molar-refractivity contribution in [3.8, 4) is 0 Å². The molecule has 18 heavy (non-hydrogen) atoms. The lowest BCUT2D eigenvalue weighted by Crippen LogP contribution is -2.39. The zero-order valence-electron chi connectivity index (χ0n) is 10.4. The van der Waals surface area contributed by atoms with Gasteiger partial charge in [-0.05, 0) is 19.1 Å². The van der Waals surface area contributed by atoms with Crippen LogP contribution in [0.25, 0.3) is 0 Å². The third-order valence-corrected chi connectivity index (χ3v) is 2.60. The quantitative estimate of drug-likeness (QED) is 0.751. The van der Waals surface area contributed by atoms with Gasteiger partial charge in [0.1, 0.15) is 0 Å². The summed E-state index contributed by atoms with van der Waals surface area (Å²) in [4.78, 5) is 23.1. The van der Waals surface area contributed by atoms with Crippen LogP contribution in [0.4, 0.5) is 0 Å². The zero-order valence-corrected chi connectivity index (χ0v) is 10.4. The second-order valence-corrected chi connectivity index (χ2v) is 3.95. The molecule has 0 saturated heterocycles. The molecule has 0 aliphatic rings. The van der Waals surface area contributed by atoms with Crippen LogP contribution in [-0.2, 0) is 9.53 Å². The molecule has 0 aliphatic heterocycles. The van der Waals surface area contributed by atoms with E-state index in [4.69, 9.17) is 0 Å². The highest BCUT2D eigenvalue weighted by molar-refractivity contribution is 5.94. The highest BCUT2D eigenvalue weighted by Crippen LogP contribution is 2.05. The minimum absolute atomic E-state index is 0.0397. The van der Waals surface area contributed by atoms with Gasteiger partial charge in [-0.2, -0.15) is 0 Å². The molecule has 0 spiro atoms. The monoisotopic (exact) mass is 251 g/mol. The van der Waals surface area contributed by atoms with Gasteiger partial charge >= 0.3 is 5.97 Å². The number of aliphatic hydroxyl groups is 1. The van der Waals surface area contributed by atoms with E-state index < -0.39 is 18.0 Å². The third-order valence-electron chi connectivity index (χ3n) is 2.60. The zero-order chi connectivity index (χ0) is 13.5. The number of aliphatic hydroxyl groups excluding tert-OH is 1. The van der Waals surface area contributed by atoms with Crippen molar-refractivity contribution >= 4 is 11.9 Å². The Morgan fingerprint density at radius 3 is 2.44 bits per heavy atom. The minimum Gasteiger partial charge on any atom is -0.469 e. The van der Waals surface area contributed by atoms with Crippen molar-refractivity contribution in [1.82, 2.24) is 5.32 Å². The number of hydrogen-bond donors (Lipinski definition) is 2. The summed E-state index contributed by atoms with van der Waals surface area (Å²) in [7, 11) is 1.25. The second kappa shape index (κ2) is 6.76. The average molecular weight is 251 g/mol. The molecule has 98 valence electrons. The van der Waals surface area contributed by atoms with Gasteiger partial charge in [-0.3, -0.25) is 9.59 Å². The van der Waals surface area contributed by atoms with Crippen LogP contribution >= 0.6 is 0 Å². The number of nitrogens with one attached hydrogen (secondary N) is 1. The number of amides is 1. The molecule has 5 heteroatoms. The van der Waals surface area contributed by atoms with Crippen molar-refractivity contribution in [2.45, 2.75) is 13.0 Å². The van der Waals surface area contributed by atoms with Gasteiger partial charge in [0.25, 0.3) is 5.91 Å². The van der Waals surface area contributed by atoms with E-state index in [1.807, 2.05) is 6.07 Å². The van der Waals surface area contributed by atoms with Crippen molar-refractivity contribution in [2.75, 3.05) is 13.7 Å². The van der Waals surface area contributed by atoms with E-state index in [9.17, 15) is 14.7 Å². The summed E-state index contributed by atoms with van der Waals surface area (Å²) in [6.45, 7) is 1.52. The van der Waals surface area contributed by atoms with Crippen LogP contribution in [0, 0.1) is 5.92 Å². The predicted molar refractivity (Wildman–Crippen MR) is 66.0 cm³/mol. The molecule has 1 rings (SSSR count). The van der Waals surface area contributed by atoms with Crippen molar-refractivity contribution in [3.05, 3.63) is 35.9 Å². The highest BCUT2D eigenvalue weighted by Gasteiger charge is 2.25. The molecule has 0 unspecified atom stereocenters. The smallest absolute Gasteiger partial charge is 0.313 e. The molecule has 1 aromatic rings. The fourth-order valence-electron chi connectivity index (χ4n) is 1.50. The Morgan fingerprint density at radius 1 is 1.33 bits per heavy atom. The van der Waals surface area contributed by atoms with Crippen molar-refractivity contribution in [1.29, 1.82) is 0 Å². The van der Waals surface area contributed by atoms with Crippen LogP contribution in [0.1, 0.15) is 17.3 Å². The molecule has 2 atom stereocenters. The first-order valence-electron chi connectivity index (χ1n) is 5.65. The lowest BCUT2D eigenvalue weighted by atomic mass is 10.0. The van der Waals surface area contributed by atoms with E-state index in [1.165, 1.54) is 14.0 Å². The molecule has 0 saturated carbocycles. The molecule has 0 bridgehead atoms. The Kier molecular flexibility index (Phi) is 5.32. The molecule has 0 aromatic heterocycles. The van der Waals surface area contributed by atoms with Crippen LogP contribution in [0.2, 0.25) is 0 Å². The van der Waals surface area contributed by atoms with Crippen LogP contribution in [0.15, 0.2) is 30.3 Å². The molecule has 0 heterocycles. The average Bonchev–Trinajstić information content (AvgIpc) is 2.39. The number of carbonyl (C=O) groups excluding carboxylic acids is 2. The van der Waals surface area contributed by atoms with Gasteiger partial charge < -0.3 is 15.2 Å². The highest BCUT2D eigenvalue weighted by atomic mass is 16.5. The Hall–Kier alpha value is -1.88. The van der Waals surface area contributed by atoms with E-state index >= 15 is 0 Å². The normalized spacial score (nSPS) is 13.5. The summed E-state index contributed by atoms with van der Waals surface area (Å²) >= 11 is 0. The summed E-state index contributed by atoms with van der Waals surface area (Å²) < 4.78 is 4.56. The number of methoxy groups -OCH3 is 1. The maximum Gasteiger partial charge on any atom is 0.313 e. The van der Waals surface area contributed by atoms with E-state index in [1.54, 1.807) is 24.3 Å². The summed E-state index contributed by atoms with van der Waals surface area (Å²) in [5, 5.41) is 12.0. The number of esters is 1. The molecule has 1 amide bonds. The van der Waals surface area contributed by atoms with Crippen LogP contribution in [0.3, 0.4) is 0 Å². The van der Waals surface area contributed by atoms with Gasteiger partial charge in [-0.15, -0.1) is 0 Å². The number of rotatable bonds is 5. The maximum absolute atomic E-state index is 11.7. The summed E-state index contributed by atoms with van der Waals surface area (Å²) in [6.07, 6.45) is -0.881. The molecule has 1 aromatic carbocycles. The standard InChI is InChI=1S/C13H17NO4/c1-9(15)11(13(17)18-2)8-14-12(16)10-6-4-3-5-7-10/h3-7,9,11,15H,8H2,1-2H3,(H,14,16)/t9-,11-/m1/s1. The molecule has 0 aliphatic carbocycles. The Labute approximate surface area is 106 Å². The SMILES string of the molecule is COC(=O)[C@H](CNC(=O)c1ccccc1)[C@@H](C)O. The Morgan fingerprint density at radius 2 is 1.94 bits per heavy atom. The van der Waals surface area contributed by atoms with Crippen LogP contribution < -0.4 is 5.32 Å². The third kappa shape index (κ3) is 3.85. The van der Waals surface area contributed by atoms with Crippen LogP contribution in [0.5, 0.6) is 0 Å². The number of benzene rings is 1. The first-order chi connectivity index (χ1) is 8.56. The molecular formula is C13H17NO4. The van der Waals surface area contributed by atoms with Crippen molar-refractivity contribution in [2.24, 2.45) is 5.92 Å². The molecule has 0 radical (unpaired) electrons. The van der Waals surface area contributed by atoms with Crippen molar-refractivity contribution in [3.63, 3.8) is 0 Å². The fourth-order valence-corrected chi connectivity index (χ4v) is 1.50. The van der Waals surface area contributed by atoms with Gasteiger partial charge in [0.15, 0.2) is 0 Å². The number of hydrogen-bond acceptors (Lipinski definition) is 4. The van der Waals surface area contributed by atoms with Gasteiger partial charge in [-0.1, -0.05) is 18.2 Å². The van der Waals surface area contributed by atoms with Crippen molar-refractivity contribution < 1.29 is 19.4 Å². The van der Waals surface area contributed by atoms with E-state index in [0.717, 1.165) is 0 Å². The Balaban J connectivity index is 2.58. The molecule has 5 nitrogen and oxygen atoms in total. The summed E-state index contributed by atoms with van der Waals surface area (Å²) in [5.41, 5.74) is 0.506. The lowest BCUT2D eigenvalue weighted by molar-refractivity contribution is -0.148. The van der Waals surface area contributed by atoms with E-state index in [2.05, 4.69) is 10.1 Å². The van der Waals surface area contributed by atoms with E-state index in [0.29, 0.717) is 5.56 Å². The summed E-state index contributed by atoms with van der Waals surface area (Å²) in [5.74, 6) is -1.59. The number of carbonyl (C=O) groups is 2. The first kappa shape index (κ1) is 14.2. The van der Waals surface area contributed by atoms with Gasteiger partial charge in [0.2, 0.25) is 0 Å². The van der Waals surface area contributed by atoms with Gasteiger partial charge in [-0.25, -0.2) is 0 Å². The lowest BCUT2D eigenvalue weighted by Gasteiger charge is -2.17. The van der Waals surface area contributed by atoms with E-state index in [-0.39, 0.29) is 12.5 Å².